The molecule has 0 unspecified atom stereocenters. The minimum atomic E-state index is -0.337. The standard InChI is InChI=1S/C18H18Cl2N2O2/c1-2-3-7-21-17(23)12-5-4-6-13(8-12)18(24)22-16-10-14(19)9-15(20)11-16/h4-6,8-11H,2-3,7H2,1H3,(H,21,23)(H,22,24). The molecule has 0 heterocycles. The fraction of sp³-hybridized carbons (Fsp3) is 0.222. The predicted octanol–water partition coefficient (Wildman–Crippen LogP) is 4.78. The predicted molar refractivity (Wildman–Crippen MR) is 98.1 cm³/mol. The zero-order chi connectivity index (χ0) is 17.5. The Bertz CT molecular complexity index is 727. The lowest BCUT2D eigenvalue weighted by Gasteiger charge is -2.08. The second-order valence-electron chi connectivity index (χ2n) is 5.30. The first-order chi connectivity index (χ1) is 11.5. The molecule has 0 saturated carbocycles. The van der Waals surface area contributed by atoms with Gasteiger partial charge in [-0.1, -0.05) is 42.6 Å². The van der Waals surface area contributed by atoms with E-state index in [4.69, 9.17) is 23.2 Å². The zero-order valence-electron chi connectivity index (χ0n) is 13.2. The van der Waals surface area contributed by atoms with E-state index in [0.717, 1.165) is 12.8 Å². The molecule has 0 aliphatic rings. The van der Waals surface area contributed by atoms with Gasteiger partial charge in [-0.15, -0.1) is 0 Å². The van der Waals surface area contributed by atoms with Crippen molar-refractivity contribution in [3.63, 3.8) is 0 Å². The molecule has 0 bridgehead atoms. The summed E-state index contributed by atoms with van der Waals surface area (Å²) in [6.07, 6.45) is 1.92. The van der Waals surface area contributed by atoms with Crippen LogP contribution in [0.25, 0.3) is 0 Å². The van der Waals surface area contributed by atoms with Crippen molar-refractivity contribution in [3.05, 3.63) is 63.6 Å². The van der Waals surface area contributed by atoms with Crippen LogP contribution in [0.1, 0.15) is 40.5 Å². The van der Waals surface area contributed by atoms with E-state index in [0.29, 0.717) is 33.4 Å². The number of benzene rings is 2. The molecule has 0 aromatic heterocycles. The Morgan fingerprint density at radius 2 is 1.58 bits per heavy atom. The number of nitrogens with one attached hydrogen (secondary N) is 2. The Kier molecular flexibility index (Phi) is 6.64. The largest absolute Gasteiger partial charge is 0.352 e. The molecule has 4 nitrogen and oxygen atoms in total. The average Bonchev–Trinajstić information content (AvgIpc) is 2.54. The van der Waals surface area contributed by atoms with Crippen LogP contribution in [0.15, 0.2) is 42.5 Å². The monoisotopic (exact) mass is 364 g/mol. The van der Waals surface area contributed by atoms with Crippen molar-refractivity contribution in [2.24, 2.45) is 0 Å². The van der Waals surface area contributed by atoms with Gasteiger partial charge >= 0.3 is 0 Å². The lowest BCUT2D eigenvalue weighted by atomic mass is 10.1. The molecule has 2 aromatic carbocycles. The molecule has 0 spiro atoms. The van der Waals surface area contributed by atoms with Crippen molar-refractivity contribution in [2.75, 3.05) is 11.9 Å². The van der Waals surface area contributed by atoms with Gasteiger partial charge in [0.15, 0.2) is 0 Å². The molecule has 0 saturated heterocycles. The molecular weight excluding hydrogens is 347 g/mol. The van der Waals surface area contributed by atoms with E-state index in [1.165, 1.54) is 0 Å². The molecule has 0 aliphatic heterocycles. The third-order valence-electron chi connectivity index (χ3n) is 3.32. The second-order valence-corrected chi connectivity index (χ2v) is 6.18. The van der Waals surface area contributed by atoms with Gasteiger partial charge in [0.1, 0.15) is 0 Å². The maximum Gasteiger partial charge on any atom is 0.255 e. The maximum atomic E-state index is 12.3. The van der Waals surface area contributed by atoms with E-state index in [-0.39, 0.29) is 11.8 Å². The van der Waals surface area contributed by atoms with Gasteiger partial charge in [-0.25, -0.2) is 0 Å². The van der Waals surface area contributed by atoms with E-state index >= 15 is 0 Å². The highest BCUT2D eigenvalue weighted by atomic mass is 35.5. The topological polar surface area (TPSA) is 58.2 Å². The lowest BCUT2D eigenvalue weighted by molar-refractivity contribution is 0.0953. The van der Waals surface area contributed by atoms with Crippen molar-refractivity contribution < 1.29 is 9.59 Å². The summed E-state index contributed by atoms with van der Waals surface area (Å²) in [5.41, 5.74) is 1.33. The minimum Gasteiger partial charge on any atom is -0.352 e. The van der Waals surface area contributed by atoms with E-state index in [1.807, 2.05) is 0 Å². The van der Waals surface area contributed by atoms with E-state index in [2.05, 4.69) is 17.6 Å². The first kappa shape index (κ1) is 18.3. The molecule has 0 radical (unpaired) electrons. The fourth-order valence-corrected chi connectivity index (χ4v) is 2.64. The maximum absolute atomic E-state index is 12.3. The highest BCUT2D eigenvalue weighted by Crippen LogP contribution is 2.23. The summed E-state index contributed by atoms with van der Waals surface area (Å²) >= 11 is 11.8. The number of halogens is 2. The summed E-state index contributed by atoms with van der Waals surface area (Å²) in [6, 6.07) is 11.3. The first-order valence-corrected chi connectivity index (χ1v) is 8.41. The number of amides is 2. The van der Waals surface area contributed by atoms with Crippen LogP contribution in [0.4, 0.5) is 5.69 Å². The van der Waals surface area contributed by atoms with Crippen molar-refractivity contribution in [2.45, 2.75) is 19.8 Å². The van der Waals surface area contributed by atoms with Crippen LogP contribution < -0.4 is 10.6 Å². The quantitative estimate of drug-likeness (QED) is 0.724. The molecule has 24 heavy (non-hydrogen) atoms. The lowest BCUT2D eigenvalue weighted by Crippen LogP contribution is -2.24. The summed E-state index contributed by atoms with van der Waals surface area (Å²) < 4.78 is 0. The summed E-state index contributed by atoms with van der Waals surface area (Å²) in [4.78, 5) is 24.4. The first-order valence-electron chi connectivity index (χ1n) is 7.65. The molecule has 2 aromatic rings. The van der Waals surface area contributed by atoms with Gasteiger partial charge in [-0.05, 0) is 42.8 Å². The number of hydrogen-bond acceptors (Lipinski definition) is 2. The minimum absolute atomic E-state index is 0.191. The molecule has 0 aliphatic carbocycles. The number of unbranched alkanes of at least 4 members (excludes halogenated alkanes) is 1. The SMILES string of the molecule is CCCCNC(=O)c1cccc(C(=O)Nc2cc(Cl)cc(Cl)c2)c1. The van der Waals surface area contributed by atoms with Crippen LogP contribution in [0.5, 0.6) is 0 Å². The summed E-state index contributed by atoms with van der Waals surface area (Å²) in [6.45, 7) is 2.67. The third kappa shape index (κ3) is 5.25. The van der Waals surface area contributed by atoms with Crippen LogP contribution in [-0.2, 0) is 0 Å². The summed E-state index contributed by atoms with van der Waals surface area (Å²) in [7, 11) is 0. The number of carbonyl (C=O) groups excluding carboxylic acids is 2. The van der Waals surface area contributed by atoms with Gasteiger partial charge in [0.05, 0.1) is 0 Å². The number of carbonyl (C=O) groups is 2. The van der Waals surface area contributed by atoms with Crippen LogP contribution in [-0.4, -0.2) is 18.4 Å². The van der Waals surface area contributed by atoms with Gasteiger partial charge in [0.25, 0.3) is 11.8 Å². The van der Waals surface area contributed by atoms with Crippen molar-refractivity contribution in [3.8, 4) is 0 Å². The Labute approximate surface area is 151 Å². The van der Waals surface area contributed by atoms with Gasteiger partial charge < -0.3 is 10.6 Å². The van der Waals surface area contributed by atoms with Crippen molar-refractivity contribution >= 4 is 40.7 Å². The van der Waals surface area contributed by atoms with Gasteiger partial charge in [0.2, 0.25) is 0 Å². The molecule has 0 atom stereocenters. The van der Waals surface area contributed by atoms with Gasteiger partial charge in [-0.2, -0.15) is 0 Å². The third-order valence-corrected chi connectivity index (χ3v) is 3.76. The van der Waals surface area contributed by atoms with Crippen LogP contribution in [0.2, 0.25) is 10.0 Å². The molecule has 126 valence electrons. The Hall–Kier alpha value is -2.04. The number of anilines is 1. The van der Waals surface area contributed by atoms with Crippen LogP contribution >= 0.6 is 23.2 Å². The highest BCUT2D eigenvalue weighted by Gasteiger charge is 2.11. The smallest absolute Gasteiger partial charge is 0.255 e. The number of rotatable bonds is 6. The highest BCUT2D eigenvalue weighted by molar-refractivity contribution is 6.35. The molecule has 2 amide bonds. The fourth-order valence-electron chi connectivity index (χ4n) is 2.11. The molecule has 2 rings (SSSR count). The average molecular weight is 365 g/mol. The second kappa shape index (κ2) is 8.71. The Balaban J connectivity index is 2.09. The van der Waals surface area contributed by atoms with Crippen molar-refractivity contribution in [1.29, 1.82) is 0 Å². The molecule has 6 heteroatoms. The molecule has 2 N–H and O–H groups in total. The number of hydrogen-bond donors (Lipinski definition) is 2. The molecular formula is C18H18Cl2N2O2. The zero-order valence-corrected chi connectivity index (χ0v) is 14.7. The van der Waals surface area contributed by atoms with E-state index < -0.39 is 0 Å². The molecule has 0 fully saturated rings. The summed E-state index contributed by atoms with van der Waals surface area (Å²) in [5, 5.41) is 6.41. The van der Waals surface area contributed by atoms with Crippen LogP contribution in [0.3, 0.4) is 0 Å². The van der Waals surface area contributed by atoms with E-state index in [1.54, 1.807) is 42.5 Å². The Morgan fingerprint density at radius 1 is 0.958 bits per heavy atom. The van der Waals surface area contributed by atoms with Crippen LogP contribution in [0, 0.1) is 0 Å². The van der Waals surface area contributed by atoms with E-state index in [9.17, 15) is 9.59 Å². The Morgan fingerprint density at radius 3 is 2.21 bits per heavy atom. The normalized spacial score (nSPS) is 10.3. The van der Waals surface area contributed by atoms with Gasteiger partial charge in [-0.3, -0.25) is 9.59 Å². The summed E-state index contributed by atoms with van der Waals surface area (Å²) in [5.74, 6) is -0.527. The van der Waals surface area contributed by atoms with Crippen molar-refractivity contribution in [1.82, 2.24) is 5.32 Å². The van der Waals surface area contributed by atoms with Gasteiger partial charge in [0, 0.05) is 33.4 Å².